The van der Waals surface area contributed by atoms with Crippen LogP contribution in [0, 0.1) is 11.8 Å². The highest BCUT2D eigenvalue weighted by Crippen LogP contribution is 2.53. The zero-order valence-electron chi connectivity index (χ0n) is 11.1. The lowest BCUT2D eigenvalue weighted by Crippen LogP contribution is -2.19. The molecule has 3 aliphatic carbocycles. The molecule has 0 aromatic heterocycles. The number of rotatable bonds is 3. The summed E-state index contributed by atoms with van der Waals surface area (Å²) in [5, 5.41) is 19.4. The number of allylic oxidation sites excluding steroid dienone is 3. The van der Waals surface area contributed by atoms with Crippen molar-refractivity contribution in [2.75, 3.05) is 0 Å². The summed E-state index contributed by atoms with van der Waals surface area (Å²) < 4.78 is 0. The molecule has 0 saturated heterocycles. The molecule has 0 aromatic rings. The van der Waals surface area contributed by atoms with Crippen molar-refractivity contribution in [2.45, 2.75) is 51.7 Å². The van der Waals surface area contributed by atoms with Crippen LogP contribution >= 0.6 is 0 Å². The van der Waals surface area contributed by atoms with E-state index in [1.54, 1.807) is 5.57 Å². The maximum atomic E-state index is 9.71. The first-order chi connectivity index (χ1) is 8.59. The molecule has 2 fully saturated rings. The van der Waals surface area contributed by atoms with Crippen molar-refractivity contribution in [2.24, 2.45) is 11.8 Å². The molecule has 0 heterocycles. The van der Waals surface area contributed by atoms with Crippen molar-refractivity contribution in [3.63, 3.8) is 0 Å². The van der Waals surface area contributed by atoms with Gasteiger partial charge in [0.2, 0.25) is 0 Å². The van der Waals surface area contributed by atoms with E-state index in [4.69, 9.17) is 0 Å². The fourth-order valence-electron chi connectivity index (χ4n) is 3.28. The highest BCUT2D eigenvalue weighted by molar-refractivity contribution is 5.51. The van der Waals surface area contributed by atoms with Crippen LogP contribution in [0.15, 0.2) is 34.4 Å². The number of aliphatic hydroxyl groups is 2. The Balaban J connectivity index is 2.08. The van der Waals surface area contributed by atoms with Gasteiger partial charge < -0.3 is 10.2 Å². The van der Waals surface area contributed by atoms with E-state index in [1.165, 1.54) is 31.3 Å². The molecule has 2 N–H and O–H groups in total. The van der Waals surface area contributed by atoms with E-state index in [0.717, 1.165) is 41.4 Å². The third kappa shape index (κ3) is 2.08. The zero-order valence-corrected chi connectivity index (χ0v) is 11.1. The Hall–Kier alpha value is -0.860. The Morgan fingerprint density at radius 2 is 1.67 bits per heavy atom. The Labute approximate surface area is 109 Å². The van der Waals surface area contributed by atoms with Crippen LogP contribution < -0.4 is 0 Å². The van der Waals surface area contributed by atoms with Gasteiger partial charge in [0.05, 0.1) is 0 Å². The molecular formula is C16H22O2. The van der Waals surface area contributed by atoms with Gasteiger partial charge in [-0.05, 0) is 68.4 Å². The van der Waals surface area contributed by atoms with Gasteiger partial charge in [-0.25, -0.2) is 0 Å². The van der Waals surface area contributed by atoms with Crippen LogP contribution in [0.2, 0.25) is 0 Å². The summed E-state index contributed by atoms with van der Waals surface area (Å²) in [7, 11) is 0. The van der Waals surface area contributed by atoms with Crippen molar-refractivity contribution < 1.29 is 10.2 Å². The second kappa shape index (κ2) is 4.36. The molecule has 0 spiro atoms. The highest BCUT2D eigenvalue weighted by Gasteiger charge is 2.40. The maximum absolute atomic E-state index is 9.71. The van der Waals surface area contributed by atoms with E-state index in [0.29, 0.717) is 0 Å². The smallest absolute Gasteiger partial charge is 0.178 e. The fourth-order valence-corrected chi connectivity index (χ4v) is 3.28. The quantitative estimate of drug-likeness (QED) is 0.751. The molecule has 0 aliphatic heterocycles. The summed E-state index contributed by atoms with van der Waals surface area (Å²) in [5.41, 5.74) is 5.66. The Morgan fingerprint density at radius 3 is 2.11 bits per heavy atom. The predicted octanol–water partition coefficient (Wildman–Crippen LogP) is 3.08. The summed E-state index contributed by atoms with van der Waals surface area (Å²) in [4.78, 5) is 0. The molecule has 0 atom stereocenters. The van der Waals surface area contributed by atoms with Crippen LogP contribution in [-0.2, 0) is 0 Å². The van der Waals surface area contributed by atoms with E-state index in [-0.39, 0.29) is 0 Å². The van der Waals surface area contributed by atoms with Crippen molar-refractivity contribution in [1.29, 1.82) is 0 Å². The number of hydrogen-bond acceptors (Lipinski definition) is 2. The van der Waals surface area contributed by atoms with Crippen LogP contribution in [0.1, 0.15) is 45.4 Å². The molecule has 18 heavy (non-hydrogen) atoms. The Kier molecular flexibility index (Phi) is 2.95. The van der Waals surface area contributed by atoms with E-state index >= 15 is 0 Å². The molecule has 0 unspecified atom stereocenters. The van der Waals surface area contributed by atoms with Crippen molar-refractivity contribution in [3.05, 3.63) is 34.4 Å². The SMILES string of the molecule is C=C1CCC(=C(C2CC2)C2CC2)C(C(O)O)=C1C. The lowest BCUT2D eigenvalue weighted by atomic mass is 9.80. The number of hydrogen-bond donors (Lipinski definition) is 2. The van der Waals surface area contributed by atoms with Gasteiger partial charge in [0, 0.05) is 5.57 Å². The number of aliphatic hydroxyl groups excluding tert-OH is 1. The first-order valence-electron chi connectivity index (χ1n) is 7.08. The molecule has 2 saturated carbocycles. The van der Waals surface area contributed by atoms with Gasteiger partial charge in [-0.15, -0.1) is 0 Å². The normalized spacial score (nSPS) is 25.1. The van der Waals surface area contributed by atoms with Crippen LogP contribution in [0.5, 0.6) is 0 Å². The molecule has 0 radical (unpaired) electrons. The van der Waals surface area contributed by atoms with Crippen molar-refractivity contribution >= 4 is 0 Å². The van der Waals surface area contributed by atoms with Crippen LogP contribution in [0.3, 0.4) is 0 Å². The molecule has 3 rings (SSSR count). The maximum Gasteiger partial charge on any atom is 0.178 e. The van der Waals surface area contributed by atoms with E-state index < -0.39 is 6.29 Å². The fraction of sp³-hybridized carbons (Fsp3) is 0.625. The average Bonchev–Trinajstić information content (AvgIpc) is 3.16. The van der Waals surface area contributed by atoms with Crippen molar-refractivity contribution in [3.8, 4) is 0 Å². The van der Waals surface area contributed by atoms with Gasteiger partial charge in [-0.3, -0.25) is 0 Å². The third-order valence-electron chi connectivity index (χ3n) is 4.58. The lowest BCUT2D eigenvalue weighted by molar-refractivity contribution is -0.00729. The summed E-state index contributed by atoms with van der Waals surface area (Å²) in [5.74, 6) is 1.47. The Bertz CT molecular complexity index is 432. The van der Waals surface area contributed by atoms with E-state index in [2.05, 4.69) is 6.58 Å². The topological polar surface area (TPSA) is 40.5 Å². The molecule has 2 heteroatoms. The van der Waals surface area contributed by atoms with Crippen molar-refractivity contribution in [1.82, 2.24) is 0 Å². The van der Waals surface area contributed by atoms with E-state index in [9.17, 15) is 10.2 Å². The average molecular weight is 246 g/mol. The van der Waals surface area contributed by atoms with Crippen LogP contribution in [0.4, 0.5) is 0 Å². The van der Waals surface area contributed by atoms with Gasteiger partial charge in [-0.1, -0.05) is 17.7 Å². The molecule has 0 bridgehead atoms. The van der Waals surface area contributed by atoms with Crippen LogP contribution in [-0.4, -0.2) is 16.5 Å². The predicted molar refractivity (Wildman–Crippen MR) is 71.8 cm³/mol. The summed E-state index contributed by atoms with van der Waals surface area (Å²) in [6.07, 6.45) is 5.76. The summed E-state index contributed by atoms with van der Waals surface area (Å²) in [6, 6.07) is 0. The standard InChI is InChI=1S/C16H22O2/c1-9-3-8-13(14(10(9)2)16(17)18)15(11-4-5-11)12-6-7-12/h11-12,16-18H,1,3-8H2,2H3. The molecular weight excluding hydrogens is 224 g/mol. The van der Waals surface area contributed by atoms with Crippen LogP contribution in [0.25, 0.3) is 0 Å². The minimum Gasteiger partial charge on any atom is -0.364 e. The molecule has 3 aliphatic rings. The molecule has 0 amide bonds. The van der Waals surface area contributed by atoms with Gasteiger partial charge in [0.1, 0.15) is 0 Å². The minimum absolute atomic E-state index is 0.736. The van der Waals surface area contributed by atoms with Gasteiger partial charge in [0.15, 0.2) is 6.29 Å². The largest absolute Gasteiger partial charge is 0.364 e. The zero-order chi connectivity index (χ0) is 12.9. The monoisotopic (exact) mass is 246 g/mol. The second-order valence-corrected chi connectivity index (χ2v) is 6.00. The Morgan fingerprint density at radius 1 is 1.11 bits per heavy atom. The third-order valence-corrected chi connectivity index (χ3v) is 4.58. The first kappa shape index (κ1) is 12.2. The minimum atomic E-state index is -1.34. The van der Waals surface area contributed by atoms with Gasteiger partial charge in [0.25, 0.3) is 0 Å². The summed E-state index contributed by atoms with van der Waals surface area (Å²) in [6.45, 7) is 6.02. The van der Waals surface area contributed by atoms with Gasteiger partial charge >= 0.3 is 0 Å². The highest BCUT2D eigenvalue weighted by atomic mass is 16.5. The molecule has 2 nitrogen and oxygen atoms in total. The lowest BCUT2D eigenvalue weighted by Gasteiger charge is -2.27. The summed E-state index contributed by atoms with van der Waals surface area (Å²) >= 11 is 0. The first-order valence-corrected chi connectivity index (χ1v) is 7.08. The molecule has 98 valence electrons. The second-order valence-electron chi connectivity index (χ2n) is 6.00. The van der Waals surface area contributed by atoms with E-state index in [1.807, 2.05) is 6.92 Å². The molecule has 0 aromatic carbocycles. The van der Waals surface area contributed by atoms with Gasteiger partial charge in [-0.2, -0.15) is 0 Å².